The van der Waals surface area contributed by atoms with E-state index in [2.05, 4.69) is 38.0 Å². The zero-order chi connectivity index (χ0) is 14.6. The molecule has 0 atom stereocenters. The first-order valence-electron chi connectivity index (χ1n) is 7.54. The standard InChI is InChI=1S/C16H28N2O2/c1-16(2,3)17-11-15-13(7-10-19-15)12-20-14-5-8-18(4)9-6-14/h7,10,14,17H,5-6,8-9,11-12H2,1-4H3. The lowest BCUT2D eigenvalue weighted by molar-refractivity contribution is 0.00153. The van der Waals surface area contributed by atoms with Gasteiger partial charge in [0.05, 0.1) is 25.5 Å². The molecular formula is C16H28N2O2. The molecule has 0 saturated carbocycles. The molecule has 1 aromatic rings. The van der Waals surface area contributed by atoms with Crippen LogP contribution in [0.4, 0.5) is 0 Å². The molecule has 0 radical (unpaired) electrons. The summed E-state index contributed by atoms with van der Waals surface area (Å²) in [6.45, 7) is 10.2. The topological polar surface area (TPSA) is 37.6 Å². The Morgan fingerprint density at radius 1 is 1.35 bits per heavy atom. The molecular weight excluding hydrogens is 252 g/mol. The van der Waals surface area contributed by atoms with Crippen LogP contribution in [-0.4, -0.2) is 36.7 Å². The Kier molecular flexibility index (Phi) is 5.24. The average molecular weight is 280 g/mol. The molecule has 1 saturated heterocycles. The highest BCUT2D eigenvalue weighted by Crippen LogP contribution is 2.18. The number of nitrogens with one attached hydrogen (secondary N) is 1. The van der Waals surface area contributed by atoms with Crippen LogP contribution in [0.3, 0.4) is 0 Å². The minimum Gasteiger partial charge on any atom is -0.468 e. The van der Waals surface area contributed by atoms with Crippen LogP contribution in [0, 0.1) is 0 Å². The van der Waals surface area contributed by atoms with Gasteiger partial charge in [0.25, 0.3) is 0 Å². The van der Waals surface area contributed by atoms with Gasteiger partial charge in [0.1, 0.15) is 5.76 Å². The number of piperidine rings is 1. The number of rotatable bonds is 5. The fraction of sp³-hybridized carbons (Fsp3) is 0.750. The molecule has 114 valence electrons. The lowest BCUT2D eigenvalue weighted by Crippen LogP contribution is -2.35. The summed E-state index contributed by atoms with van der Waals surface area (Å²) in [4.78, 5) is 2.36. The van der Waals surface area contributed by atoms with E-state index >= 15 is 0 Å². The quantitative estimate of drug-likeness (QED) is 0.900. The van der Waals surface area contributed by atoms with Gasteiger partial charge in [0.2, 0.25) is 0 Å². The number of furan rings is 1. The fourth-order valence-corrected chi connectivity index (χ4v) is 2.36. The van der Waals surface area contributed by atoms with Crippen LogP contribution in [0.2, 0.25) is 0 Å². The summed E-state index contributed by atoms with van der Waals surface area (Å²) in [5.74, 6) is 0.993. The van der Waals surface area contributed by atoms with E-state index in [1.165, 1.54) is 5.56 Å². The van der Waals surface area contributed by atoms with Crippen molar-refractivity contribution in [1.82, 2.24) is 10.2 Å². The van der Waals surface area contributed by atoms with Gasteiger partial charge in [0.15, 0.2) is 0 Å². The highest BCUT2D eigenvalue weighted by molar-refractivity contribution is 5.16. The van der Waals surface area contributed by atoms with Gasteiger partial charge in [-0.25, -0.2) is 0 Å². The molecule has 0 bridgehead atoms. The summed E-state index contributed by atoms with van der Waals surface area (Å²) in [7, 11) is 2.17. The SMILES string of the molecule is CN1CCC(OCc2ccoc2CNC(C)(C)C)CC1. The molecule has 20 heavy (non-hydrogen) atoms. The van der Waals surface area contributed by atoms with Gasteiger partial charge < -0.3 is 19.4 Å². The maximum atomic E-state index is 6.03. The lowest BCUT2D eigenvalue weighted by atomic mass is 10.1. The van der Waals surface area contributed by atoms with Crippen LogP contribution in [0.25, 0.3) is 0 Å². The van der Waals surface area contributed by atoms with Crippen molar-refractivity contribution in [3.8, 4) is 0 Å². The van der Waals surface area contributed by atoms with E-state index in [4.69, 9.17) is 9.15 Å². The lowest BCUT2D eigenvalue weighted by Gasteiger charge is -2.28. The Morgan fingerprint density at radius 2 is 2.05 bits per heavy atom. The Hall–Kier alpha value is -0.840. The first kappa shape index (κ1) is 15.5. The van der Waals surface area contributed by atoms with Gasteiger partial charge in [-0.05, 0) is 46.7 Å². The van der Waals surface area contributed by atoms with E-state index in [9.17, 15) is 0 Å². The van der Waals surface area contributed by atoms with Gasteiger partial charge in [0, 0.05) is 24.2 Å². The Morgan fingerprint density at radius 3 is 2.70 bits per heavy atom. The number of hydrogen-bond acceptors (Lipinski definition) is 4. The van der Waals surface area contributed by atoms with E-state index in [0.717, 1.165) is 38.2 Å². The van der Waals surface area contributed by atoms with Crippen molar-refractivity contribution in [2.24, 2.45) is 0 Å². The van der Waals surface area contributed by atoms with Gasteiger partial charge in [-0.15, -0.1) is 0 Å². The molecule has 0 spiro atoms. The van der Waals surface area contributed by atoms with Crippen LogP contribution in [0.15, 0.2) is 16.7 Å². The average Bonchev–Trinajstić information content (AvgIpc) is 2.82. The van der Waals surface area contributed by atoms with E-state index in [1.807, 2.05) is 6.07 Å². The molecule has 1 N–H and O–H groups in total. The predicted octanol–water partition coefficient (Wildman–Crippen LogP) is 2.78. The van der Waals surface area contributed by atoms with Crippen molar-refractivity contribution in [3.05, 3.63) is 23.7 Å². The zero-order valence-corrected chi connectivity index (χ0v) is 13.2. The maximum Gasteiger partial charge on any atom is 0.123 e. The first-order valence-corrected chi connectivity index (χ1v) is 7.54. The van der Waals surface area contributed by atoms with Crippen LogP contribution >= 0.6 is 0 Å². The van der Waals surface area contributed by atoms with Crippen molar-refractivity contribution in [3.63, 3.8) is 0 Å². The van der Waals surface area contributed by atoms with E-state index in [1.54, 1.807) is 6.26 Å². The van der Waals surface area contributed by atoms with Crippen LogP contribution in [0.5, 0.6) is 0 Å². The normalized spacial score (nSPS) is 18.6. The smallest absolute Gasteiger partial charge is 0.123 e. The van der Waals surface area contributed by atoms with Crippen molar-refractivity contribution in [1.29, 1.82) is 0 Å². The molecule has 4 nitrogen and oxygen atoms in total. The molecule has 0 aromatic carbocycles. The molecule has 4 heteroatoms. The molecule has 1 fully saturated rings. The zero-order valence-electron chi connectivity index (χ0n) is 13.2. The van der Waals surface area contributed by atoms with Crippen molar-refractivity contribution in [2.75, 3.05) is 20.1 Å². The molecule has 2 rings (SSSR count). The first-order chi connectivity index (χ1) is 9.44. The highest BCUT2D eigenvalue weighted by Gasteiger charge is 2.18. The minimum absolute atomic E-state index is 0.0961. The Labute approximate surface area is 122 Å². The van der Waals surface area contributed by atoms with Gasteiger partial charge >= 0.3 is 0 Å². The fourth-order valence-electron chi connectivity index (χ4n) is 2.36. The van der Waals surface area contributed by atoms with Crippen molar-refractivity contribution >= 4 is 0 Å². The van der Waals surface area contributed by atoms with Crippen LogP contribution < -0.4 is 5.32 Å². The third kappa shape index (κ3) is 4.93. The monoisotopic (exact) mass is 280 g/mol. The molecule has 2 heterocycles. The molecule has 1 aliphatic rings. The van der Waals surface area contributed by atoms with Gasteiger partial charge in [-0.2, -0.15) is 0 Å². The van der Waals surface area contributed by atoms with E-state index in [0.29, 0.717) is 12.7 Å². The summed E-state index contributed by atoms with van der Waals surface area (Å²) < 4.78 is 11.6. The highest BCUT2D eigenvalue weighted by atomic mass is 16.5. The number of hydrogen-bond donors (Lipinski definition) is 1. The minimum atomic E-state index is 0.0961. The molecule has 0 aliphatic carbocycles. The number of ether oxygens (including phenoxy) is 1. The van der Waals surface area contributed by atoms with E-state index < -0.39 is 0 Å². The number of nitrogens with zero attached hydrogens (tertiary/aromatic N) is 1. The summed E-state index contributed by atoms with van der Waals surface area (Å²) in [6, 6.07) is 2.02. The third-order valence-corrected chi connectivity index (χ3v) is 3.76. The second kappa shape index (κ2) is 6.74. The summed E-state index contributed by atoms with van der Waals surface area (Å²) >= 11 is 0. The predicted molar refractivity (Wildman–Crippen MR) is 80.6 cm³/mol. The summed E-state index contributed by atoms with van der Waals surface area (Å²) in [6.07, 6.45) is 4.41. The van der Waals surface area contributed by atoms with Crippen LogP contribution in [-0.2, 0) is 17.9 Å². The maximum absolute atomic E-state index is 6.03. The molecule has 1 aromatic heterocycles. The van der Waals surface area contributed by atoms with Gasteiger partial charge in [-0.3, -0.25) is 0 Å². The second-order valence-corrected chi connectivity index (χ2v) is 6.79. The van der Waals surface area contributed by atoms with Crippen molar-refractivity contribution in [2.45, 2.75) is 58.4 Å². The van der Waals surface area contributed by atoms with E-state index in [-0.39, 0.29) is 5.54 Å². The Bertz CT molecular complexity index is 401. The van der Waals surface area contributed by atoms with Gasteiger partial charge in [-0.1, -0.05) is 0 Å². The van der Waals surface area contributed by atoms with Crippen LogP contribution in [0.1, 0.15) is 44.9 Å². The molecule has 1 aliphatic heterocycles. The molecule has 0 unspecified atom stereocenters. The largest absolute Gasteiger partial charge is 0.468 e. The molecule has 0 amide bonds. The second-order valence-electron chi connectivity index (χ2n) is 6.79. The number of likely N-dealkylation sites (tertiary alicyclic amines) is 1. The third-order valence-electron chi connectivity index (χ3n) is 3.76. The summed E-state index contributed by atoms with van der Waals surface area (Å²) in [5.41, 5.74) is 1.26. The van der Waals surface area contributed by atoms with Crippen molar-refractivity contribution < 1.29 is 9.15 Å². The summed E-state index contributed by atoms with van der Waals surface area (Å²) in [5, 5.41) is 3.45. The Balaban J connectivity index is 1.80.